The number of aromatic nitrogens is 1. The lowest BCUT2D eigenvalue weighted by Gasteiger charge is -2.32. The van der Waals surface area contributed by atoms with Gasteiger partial charge in [0.25, 0.3) is 11.5 Å². The zero-order valence-corrected chi connectivity index (χ0v) is 12.3. The van der Waals surface area contributed by atoms with Crippen LogP contribution in [0, 0.1) is 0 Å². The molecule has 0 atom stereocenters. The highest BCUT2D eigenvalue weighted by molar-refractivity contribution is 5.94. The van der Waals surface area contributed by atoms with Gasteiger partial charge in [-0.05, 0) is 31.9 Å². The number of pyridine rings is 1. The van der Waals surface area contributed by atoms with Crippen LogP contribution < -0.4 is 10.9 Å². The first kappa shape index (κ1) is 14.8. The van der Waals surface area contributed by atoms with Crippen LogP contribution in [0.1, 0.15) is 36.5 Å². The van der Waals surface area contributed by atoms with Crippen LogP contribution in [0.3, 0.4) is 0 Å². The van der Waals surface area contributed by atoms with Gasteiger partial charge >= 0.3 is 0 Å². The third kappa shape index (κ3) is 3.70. The van der Waals surface area contributed by atoms with Gasteiger partial charge in [-0.2, -0.15) is 0 Å². The maximum Gasteiger partial charge on any atom is 0.251 e. The van der Waals surface area contributed by atoms with E-state index in [-0.39, 0.29) is 17.5 Å². The number of nitrogens with zero attached hydrogens (tertiary/aromatic N) is 2. The van der Waals surface area contributed by atoms with Gasteiger partial charge in [-0.25, -0.2) is 0 Å². The monoisotopic (exact) mass is 277 g/mol. The highest BCUT2D eigenvalue weighted by Crippen LogP contribution is 2.11. The highest BCUT2D eigenvalue weighted by Gasteiger charge is 2.20. The van der Waals surface area contributed by atoms with Crippen molar-refractivity contribution in [2.24, 2.45) is 7.05 Å². The minimum Gasteiger partial charge on any atom is -0.349 e. The van der Waals surface area contributed by atoms with Crippen molar-refractivity contribution in [1.82, 2.24) is 14.8 Å². The summed E-state index contributed by atoms with van der Waals surface area (Å²) >= 11 is 0. The van der Waals surface area contributed by atoms with E-state index < -0.39 is 0 Å². The summed E-state index contributed by atoms with van der Waals surface area (Å²) in [5, 5.41) is 3.03. The minimum atomic E-state index is -0.157. The van der Waals surface area contributed by atoms with Crippen molar-refractivity contribution in [3.05, 3.63) is 34.2 Å². The van der Waals surface area contributed by atoms with Gasteiger partial charge in [-0.1, -0.05) is 6.92 Å². The van der Waals surface area contributed by atoms with Crippen molar-refractivity contribution in [2.75, 3.05) is 19.6 Å². The lowest BCUT2D eigenvalue weighted by Crippen LogP contribution is -2.44. The molecule has 0 saturated carbocycles. The Labute approximate surface area is 119 Å². The molecule has 1 saturated heterocycles. The molecule has 1 aromatic heterocycles. The van der Waals surface area contributed by atoms with Gasteiger partial charge in [0.1, 0.15) is 0 Å². The molecule has 1 fully saturated rings. The number of hydrogen-bond acceptors (Lipinski definition) is 3. The molecule has 5 heteroatoms. The molecule has 2 heterocycles. The maximum atomic E-state index is 12.1. The third-order valence-corrected chi connectivity index (χ3v) is 3.83. The number of aryl methyl sites for hydroxylation is 1. The van der Waals surface area contributed by atoms with Gasteiger partial charge in [0.15, 0.2) is 0 Å². The zero-order valence-electron chi connectivity index (χ0n) is 12.3. The Balaban J connectivity index is 1.89. The van der Waals surface area contributed by atoms with E-state index in [9.17, 15) is 9.59 Å². The lowest BCUT2D eigenvalue weighted by atomic mass is 10.0. The Kier molecular flexibility index (Phi) is 4.95. The van der Waals surface area contributed by atoms with Crippen molar-refractivity contribution < 1.29 is 4.79 Å². The Morgan fingerprint density at radius 1 is 1.40 bits per heavy atom. The fourth-order valence-electron chi connectivity index (χ4n) is 2.58. The number of rotatable bonds is 4. The molecule has 0 aliphatic carbocycles. The Hall–Kier alpha value is -1.62. The number of carbonyl (C=O) groups is 1. The third-order valence-electron chi connectivity index (χ3n) is 3.83. The van der Waals surface area contributed by atoms with Crippen LogP contribution in [-0.2, 0) is 7.05 Å². The maximum absolute atomic E-state index is 12.1. The van der Waals surface area contributed by atoms with E-state index in [1.165, 1.54) is 17.1 Å². The first-order valence-electron chi connectivity index (χ1n) is 7.30. The molecule has 0 aromatic carbocycles. The van der Waals surface area contributed by atoms with Crippen molar-refractivity contribution in [3.63, 3.8) is 0 Å². The first-order valence-corrected chi connectivity index (χ1v) is 7.30. The number of likely N-dealkylation sites (tertiary alicyclic amines) is 1. The van der Waals surface area contributed by atoms with Crippen LogP contribution in [0.5, 0.6) is 0 Å². The van der Waals surface area contributed by atoms with Gasteiger partial charge in [0, 0.05) is 44.0 Å². The fraction of sp³-hybridized carbons (Fsp3) is 0.600. The molecule has 5 nitrogen and oxygen atoms in total. The second-order valence-corrected chi connectivity index (χ2v) is 5.45. The van der Waals surface area contributed by atoms with Crippen molar-refractivity contribution in [3.8, 4) is 0 Å². The van der Waals surface area contributed by atoms with Crippen LogP contribution in [0.4, 0.5) is 0 Å². The van der Waals surface area contributed by atoms with Crippen molar-refractivity contribution in [1.29, 1.82) is 0 Å². The van der Waals surface area contributed by atoms with Gasteiger partial charge in [0.2, 0.25) is 0 Å². The van der Waals surface area contributed by atoms with E-state index in [0.717, 1.165) is 32.5 Å². The number of hydrogen-bond donors (Lipinski definition) is 1. The molecule has 20 heavy (non-hydrogen) atoms. The first-order chi connectivity index (χ1) is 9.60. The molecular formula is C15H23N3O2. The van der Waals surface area contributed by atoms with Crippen LogP contribution in [-0.4, -0.2) is 41.1 Å². The molecule has 1 aliphatic heterocycles. The summed E-state index contributed by atoms with van der Waals surface area (Å²) in [6.45, 7) is 5.39. The zero-order chi connectivity index (χ0) is 14.5. The normalized spacial score (nSPS) is 17.1. The average Bonchev–Trinajstić information content (AvgIpc) is 2.44. The highest BCUT2D eigenvalue weighted by atomic mass is 16.2. The molecule has 2 rings (SSSR count). The molecule has 110 valence electrons. The lowest BCUT2D eigenvalue weighted by molar-refractivity contribution is 0.0911. The molecule has 0 bridgehead atoms. The number of carbonyl (C=O) groups excluding carboxylic acids is 1. The summed E-state index contributed by atoms with van der Waals surface area (Å²) in [6.07, 6.45) is 4.76. The number of nitrogens with one attached hydrogen (secondary N) is 1. The average molecular weight is 277 g/mol. The molecular weight excluding hydrogens is 254 g/mol. The molecule has 1 N–H and O–H groups in total. The van der Waals surface area contributed by atoms with Gasteiger partial charge in [0.05, 0.1) is 0 Å². The summed E-state index contributed by atoms with van der Waals surface area (Å²) in [4.78, 5) is 26.1. The SMILES string of the molecule is CCCN1CCC(NC(=O)c2ccn(C)c(=O)c2)CC1. The predicted molar refractivity (Wildman–Crippen MR) is 78.9 cm³/mol. The fourth-order valence-corrected chi connectivity index (χ4v) is 2.58. The number of piperidine rings is 1. The van der Waals surface area contributed by atoms with Crippen LogP contribution in [0.25, 0.3) is 0 Å². The molecule has 0 spiro atoms. The summed E-state index contributed by atoms with van der Waals surface area (Å²) in [5.74, 6) is -0.142. The van der Waals surface area contributed by atoms with Gasteiger partial charge in [-0.3, -0.25) is 9.59 Å². The molecule has 1 aliphatic rings. The smallest absolute Gasteiger partial charge is 0.251 e. The second-order valence-electron chi connectivity index (χ2n) is 5.45. The predicted octanol–water partition coefficient (Wildman–Crippen LogP) is 0.990. The largest absolute Gasteiger partial charge is 0.349 e. The molecule has 1 aromatic rings. The van der Waals surface area contributed by atoms with E-state index in [4.69, 9.17) is 0 Å². The number of amides is 1. The van der Waals surface area contributed by atoms with E-state index >= 15 is 0 Å². The van der Waals surface area contributed by atoms with E-state index in [1.807, 2.05) is 0 Å². The Morgan fingerprint density at radius 2 is 2.10 bits per heavy atom. The second kappa shape index (κ2) is 6.70. The standard InChI is InChI=1S/C15H23N3O2/c1-3-7-18-9-5-13(6-10-18)16-15(20)12-4-8-17(2)14(19)11-12/h4,8,11,13H,3,5-7,9-10H2,1-2H3,(H,16,20). The van der Waals surface area contributed by atoms with Gasteiger partial charge in [-0.15, -0.1) is 0 Å². The molecule has 0 unspecified atom stereocenters. The van der Waals surface area contributed by atoms with Crippen molar-refractivity contribution >= 4 is 5.91 Å². The summed E-state index contributed by atoms with van der Waals surface area (Å²) in [5.41, 5.74) is 0.291. The van der Waals surface area contributed by atoms with Crippen molar-refractivity contribution in [2.45, 2.75) is 32.2 Å². The quantitative estimate of drug-likeness (QED) is 0.893. The molecule has 1 amide bonds. The summed E-state index contributed by atoms with van der Waals surface area (Å²) in [7, 11) is 1.67. The summed E-state index contributed by atoms with van der Waals surface area (Å²) in [6, 6.07) is 3.30. The minimum absolute atomic E-state index is 0.142. The van der Waals surface area contributed by atoms with E-state index in [0.29, 0.717) is 5.56 Å². The Bertz CT molecular complexity index is 516. The van der Waals surface area contributed by atoms with Crippen LogP contribution >= 0.6 is 0 Å². The van der Waals surface area contributed by atoms with Crippen LogP contribution in [0.15, 0.2) is 23.1 Å². The van der Waals surface area contributed by atoms with E-state index in [1.54, 1.807) is 19.3 Å². The van der Waals surface area contributed by atoms with Crippen LogP contribution in [0.2, 0.25) is 0 Å². The van der Waals surface area contributed by atoms with Gasteiger partial charge < -0.3 is 14.8 Å². The summed E-state index contributed by atoms with van der Waals surface area (Å²) < 4.78 is 1.46. The van der Waals surface area contributed by atoms with E-state index in [2.05, 4.69) is 17.1 Å². The Morgan fingerprint density at radius 3 is 2.70 bits per heavy atom. The topological polar surface area (TPSA) is 54.3 Å². The molecule has 0 radical (unpaired) electrons.